The normalized spacial score (nSPS) is 12.8. The molecule has 1 rings (SSSR count). The molecule has 114 valence electrons. The number of aryl methyl sites for hydroxylation is 1. The second kappa shape index (κ2) is 6.81. The van der Waals surface area contributed by atoms with Gasteiger partial charge in [-0.3, -0.25) is 0 Å². The van der Waals surface area contributed by atoms with Crippen LogP contribution in [0.25, 0.3) is 0 Å². The molecule has 6 nitrogen and oxygen atoms in total. The van der Waals surface area contributed by atoms with E-state index in [-0.39, 0.29) is 23.8 Å². The van der Waals surface area contributed by atoms with Crippen LogP contribution in [-0.2, 0) is 20.0 Å². The monoisotopic (exact) mass is 338 g/mol. The van der Waals surface area contributed by atoms with Crippen molar-refractivity contribution in [2.24, 2.45) is 0 Å². The van der Waals surface area contributed by atoms with E-state index >= 15 is 0 Å². The molecule has 0 fully saturated rings. The Bertz CT molecular complexity index is 662. The van der Waals surface area contributed by atoms with E-state index in [0.717, 1.165) is 15.4 Å². The largest absolute Gasteiger partial charge is 0.250 e. The number of nitrogens with one attached hydrogen (secondary N) is 1. The Morgan fingerprint density at radius 2 is 2.00 bits per heavy atom. The van der Waals surface area contributed by atoms with Gasteiger partial charge in [-0.25, -0.2) is 21.6 Å². The summed E-state index contributed by atoms with van der Waals surface area (Å²) in [7, 11) is -6.95. The molecule has 0 radical (unpaired) electrons. The standard InChI is InChI=1S/C11H18N2O4S3/c1-4-8-13(19(3,14)15)9-7-12-20(16,17)11-6-5-10(2)18-11/h4-6,12H,1,7-9H2,2-3H3. The molecule has 0 atom stereocenters. The smallest absolute Gasteiger partial charge is 0.212 e. The summed E-state index contributed by atoms with van der Waals surface area (Å²) in [6, 6.07) is 3.25. The molecule has 0 aliphatic carbocycles. The van der Waals surface area contributed by atoms with Crippen molar-refractivity contribution in [2.45, 2.75) is 11.1 Å². The van der Waals surface area contributed by atoms with E-state index in [0.29, 0.717) is 0 Å². The maximum Gasteiger partial charge on any atom is 0.250 e. The highest BCUT2D eigenvalue weighted by Crippen LogP contribution is 2.20. The van der Waals surface area contributed by atoms with Crippen LogP contribution in [0.1, 0.15) is 4.88 Å². The third-order valence-corrected chi connectivity index (χ3v) is 6.66. The molecule has 1 aromatic heterocycles. The van der Waals surface area contributed by atoms with E-state index in [2.05, 4.69) is 11.3 Å². The van der Waals surface area contributed by atoms with E-state index < -0.39 is 20.0 Å². The molecular weight excluding hydrogens is 320 g/mol. The molecular formula is C11H18N2O4S3. The highest BCUT2D eigenvalue weighted by molar-refractivity contribution is 7.91. The van der Waals surface area contributed by atoms with Crippen molar-refractivity contribution in [1.29, 1.82) is 0 Å². The van der Waals surface area contributed by atoms with Crippen LogP contribution in [0.4, 0.5) is 0 Å². The Labute approximate surface area is 124 Å². The fraction of sp³-hybridized carbons (Fsp3) is 0.455. The Morgan fingerprint density at radius 1 is 1.35 bits per heavy atom. The molecule has 0 bridgehead atoms. The van der Waals surface area contributed by atoms with Crippen molar-refractivity contribution in [2.75, 3.05) is 25.9 Å². The average Bonchev–Trinajstić information content (AvgIpc) is 2.74. The van der Waals surface area contributed by atoms with Crippen LogP contribution < -0.4 is 4.72 Å². The van der Waals surface area contributed by atoms with Gasteiger partial charge in [0.15, 0.2) is 0 Å². The topological polar surface area (TPSA) is 83.6 Å². The summed E-state index contributed by atoms with van der Waals surface area (Å²) in [6.45, 7) is 5.53. The fourth-order valence-corrected chi connectivity index (χ4v) is 4.62. The van der Waals surface area contributed by atoms with Crippen LogP contribution in [0.5, 0.6) is 0 Å². The molecule has 1 heterocycles. The number of thiophene rings is 1. The highest BCUT2D eigenvalue weighted by Gasteiger charge is 2.18. The fourth-order valence-electron chi connectivity index (χ4n) is 1.47. The van der Waals surface area contributed by atoms with Gasteiger partial charge in [-0.15, -0.1) is 17.9 Å². The minimum Gasteiger partial charge on any atom is -0.212 e. The lowest BCUT2D eigenvalue weighted by atomic mass is 10.5. The van der Waals surface area contributed by atoms with E-state index in [1.165, 1.54) is 23.5 Å². The summed E-state index contributed by atoms with van der Waals surface area (Å²) in [4.78, 5) is 0.898. The van der Waals surface area contributed by atoms with Crippen LogP contribution >= 0.6 is 11.3 Å². The Hall–Kier alpha value is -0.740. The molecule has 0 saturated carbocycles. The molecule has 20 heavy (non-hydrogen) atoms. The first-order chi connectivity index (χ1) is 9.16. The van der Waals surface area contributed by atoms with Crippen molar-refractivity contribution in [3.05, 3.63) is 29.7 Å². The van der Waals surface area contributed by atoms with E-state index in [9.17, 15) is 16.8 Å². The minimum atomic E-state index is -3.57. The van der Waals surface area contributed by atoms with Gasteiger partial charge in [-0.1, -0.05) is 6.08 Å². The van der Waals surface area contributed by atoms with Gasteiger partial charge in [0.2, 0.25) is 20.0 Å². The number of hydrogen-bond acceptors (Lipinski definition) is 5. The SMILES string of the molecule is C=CCN(CCNS(=O)(=O)c1ccc(C)s1)S(C)(=O)=O. The van der Waals surface area contributed by atoms with Crippen LogP contribution in [-0.4, -0.2) is 47.0 Å². The number of nitrogens with zero attached hydrogens (tertiary/aromatic N) is 1. The average molecular weight is 338 g/mol. The van der Waals surface area contributed by atoms with Gasteiger partial charge in [0, 0.05) is 24.5 Å². The van der Waals surface area contributed by atoms with Gasteiger partial charge in [0.25, 0.3) is 0 Å². The first-order valence-corrected chi connectivity index (χ1v) is 9.94. The predicted octanol–water partition coefficient (Wildman–Crippen LogP) is 0.782. The number of hydrogen-bond donors (Lipinski definition) is 1. The lowest BCUT2D eigenvalue weighted by Crippen LogP contribution is -2.37. The van der Waals surface area contributed by atoms with Crippen molar-refractivity contribution in [3.63, 3.8) is 0 Å². The van der Waals surface area contributed by atoms with Gasteiger partial charge in [0.1, 0.15) is 4.21 Å². The van der Waals surface area contributed by atoms with Crippen LogP contribution in [0.15, 0.2) is 29.0 Å². The van der Waals surface area contributed by atoms with E-state index in [1.54, 1.807) is 6.07 Å². The van der Waals surface area contributed by atoms with E-state index in [4.69, 9.17) is 0 Å². The summed E-state index contributed by atoms with van der Waals surface area (Å²) in [5.41, 5.74) is 0. The third-order valence-electron chi connectivity index (χ3n) is 2.44. The summed E-state index contributed by atoms with van der Waals surface area (Å²) in [5.74, 6) is 0. The zero-order valence-corrected chi connectivity index (χ0v) is 13.8. The first-order valence-electron chi connectivity index (χ1n) is 5.79. The Balaban J connectivity index is 2.65. The van der Waals surface area contributed by atoms with Gasteiger partial charge in [0.05, 0.1) is 6.26 Å². The summed E-state index contributed by atoms with van der Waals surface area (Å²) in [5, 5.41) is 0. The summed E-state index contributed by atoms with van der Waals surface area (Å²) < 4.78 is 50.6. The maximum atomic E-state index is 11.9. The molecule has 1 aromatic rings. The van der Waals surface area contributed by atoms with Crippen LogP contribution in [0, 0.1) is 6.92 Å². The maximum absolute atomic E-state index is 11.9. The van der Waals surface area contributed by atoms with Crippen molar-refractivity contribution < 1.29 is 16.8 Å². The Kier molecular flexibility index (Phi) is 5.90. The molecule has 0 aliphatic heterocycles. The van der Waals surface area contributed by atoms with Crippen LogP contribution in [0.2, 0.25) is 0 Å². The highest BCUT2D eigenvalue weighted by atomic mass is 32.2. The zero-order valence-electron chi connectivity index (χ0n) is 11.4. The number of rotatable bonds is 8. The summed E-state index contributed by atoms with van der Waals surface area (Å²) >= 11 is 1.17. The predicted molar refractivity (Wildman–Crippen MR) is 80.9 cm³/mol. The number of sulfonamides is 2. The van der Waals surface area contributed by atoms with Gasteiger partial charge in [-0.2, -0.15) is 4.31 Å². The van der Waals surface area contributed by atoms with E-state index in [1.807, 2.05) is 6.92 Å². The van der Waals surface area contributed by atoms with Gasteiger partial charge in [-0.05, 0) is 19.1 Å². The first kappa shape index (κ1) is 17.3. The molecule has 0 aliphatic rings. The third kappa shape index (κ3) is 4.98. The van der Waals surface area contributed by atoms with Crippen molar-refractivity contribution in [3.8, 4) is 0 Å². The lowest BCUT2D eigenvalue weighted by Gasteiger charge is -2.18. The minimum absolute atomic E-state index is 0.0141. The quantitative estimate of drug-likeness (QED) is 0.710. The Morgan fingerprint density at radius 3 is 2.45 bits per heavy atom. The van der Waals surface area contributed by atoms with Crippen LogP contribution in [0.3, 0.4) is 0 Å². The molecule has 0 amide bonds. The molecule has 0 spiro atoms. The van der Waals surface area contributed by atoms with Crippen molar-refractivity contribution >= 4 is 31.4 Å². The molecule has 0 aromatic carbocycles. The molecule has 1 N–H and O–H groups in total. The van der Waals surface area contributed by atoms with Gasteiger partial charge < -0.3 is 0 Å². The second-order valence-corrected chi connectivity index (χ2v) is 9.44. The second-order valence-electron chi connectivity index (χ2n) is 4.17. The van der Waals surface area contributed by atoms with Gasteiger partial charge >= 0.3 is 0 Å². The van der Waals surface area contributed by atoms with Crippen molar-refractivity contribution in [1.82, 2.24) is 9.03 Å². The molecule has 9 heteroatoms. The molecule has 0 saturated heterocycles. The molecule has 0 unspecified atom stereocenters. The zero-order chi connectivity index (χ0) is 15.4. The summed E-state index contributed by atoms with van der Waals surface area (Å²) in [6.07, 6.45) is 2.53. The lowest BCUT2D eigenvalue weighted by molar-refractivity contribution is 0.448.